The van der Waals surface area contributed by atoms with E-state index in [1.807, 2.05) is 24.3 Å². The molecule has 1 aromatic rings. The zero-order chi connectivity index (χ0) is 14.1. The average molecular weight is 274 g/mol. The second kappa shape index (κ2) is 5.25. The Bertz CT molecular complexity index is 540. The van der Waals surface area contributed by atoms with Gasteiger partial charge in [0.05, 0.1) is 6.54 Å². The average Bonchev–Trinajstić information content (AvgIpc) is 3.27. The van der Waals surface area contributed by atoms with Crippen molar-refractivity contribution in [3.05, 3.63) is 35.4 Å². The van der Waals surface area contributed by atoms with Crippen molar-refractivity contribution in [3.8, 4) is 0 Å². The van der Waals surface area contributed by atoms with Crippen LogP contribution in [0.5, 0.6) is 0 Å². The molecule has 1 aliphatic heterocycles. The van der Waals surface area contributed by atoms with E-state index in [0.29, 0.717) is 19.0 Å². The van der Waals surface area contributed by atoms with E-state index in [1.54, 1.807) is 0 Å². The minimum absolute atomic E-state index is 0.126. The van der Waals surface area contributed by atoms with Crippen LogP contribution in [0.1, 0.15) is 24.0 Å². The van der Waals surface area contributed by atoms with Gasteiger partial charge in [-0.1, -0.05) is 24.3 Å². The lowest BCUT2D eigenvalue weighted by Crippen LogP contribution is -2.51. The maximum Gasteiger partial charge on any atom is 0.326 e. The predicted octanol–water partition coefficient (Wildman–Crippen LogP) is 0.776. The molecule has 1 aromatic carbocycles. The summed E-state index contributed by atoms with van der Waals surface area (Å²) in [5.74, 6) is -1.06. The molecule has 1 saturated carbocycles. The maximum absolute atomic E-state index is 12.3. The van der Waals surface area contributed by atoms with Crippen molar-refractivity contribution in [1.82, 2.24) is 10.2 Å². The lowest BCUT2D eigenvalue weighted by Gasteiger charge is -2.34. The summed E-state index contributed by atoms with van der Waals surface area (Å²) in [6, 6.07) is 7.42. The second-order valence-electron chi connectivity index (χ2n) is 5.50. The first kappa shape index (κ1) is 13.1. The number of carboxylic acid groups (broad SMARTS) is 1. The summed E-state index contributed by atoms with van der Waals surface area (Å²) in [4.78, 5) is 25.2. The van der Waals surface area contributed by atoms with Crippen molar-refractivity contribution < 1.29 is 14.7 Å². The quantitative estimate of drug-likeness (QED) is 0.851. The number of carboxylic acids is 1. The van der Waals surface area contributed by atoms with E-state index in [1.165, 1.54) is 4.90 Å². The van der Waals surface area contributed by atoms with Crippen LogP contribution in [0.15, 0.2) is 24.3 Å². The minimum atomic E-state index is -0.931. The number of amides is 1. The summed E-state index contributed by atoms with van der Waals surface area (Å²) in [6.07, 6.45) is 2.61. The van der Waals surface area contributed by atoms with E-state index in [-0.39, 0.29) is 12.5 Å². The molecular formula is C15H18N2O3. The van der Waals surface area contributed by atoms with Crippen LogP contribution in [0.2, 0.25) is 0 Å². The molecule has 5 heteroatoms. The number of hydrogen-bond donors (Lipinski definition) is 2. The molecule has 2 N–H and O–H groups in total. The number of carbonyl (C=O) groups excluding carboxylic acids is 1. The topological polar surface area (TPSA) is 69.6 Å². The van der Waals surface area contributed by atoms with E-state index in [0.717, 1.165) is 24.0 Å². The molecular weight excluding hydrogens is 256 g/mol. The highest BCUT2D eigenvalue weighted by molar-refractivity contribution is 5.85. The van der Waals surface area contributed by atoms with Gasteiger partial charge in [0.2, 0.25) is 5.91 Å². The van der Waals surface area contributed by atoms with Crippen molar-refractivity contribution in [3.63, 3.8) is 0 Å². The molecule has 2 aliphatic rings. The Labute approximate surface area is 117 Å². The summed E-state index contributed by atoms with van der Waals surface area (Å²) in [7, 11) is 0. The molecule has 1 atom stereocenters. The van der Waals surface area contributed by atoms with Crippen molar-refractivity contribution in [2.24, 2.45) is 0 Å². The van der Waals surface area contributed by atoms with Gasteiger partial charge in [0.15, 0.2) is 0 Å². The molecule has 0 radical (unpaired) electrons. The highest BCUT2D eigenvalue weighted by Crippen LogP contribution is 2.24. The van der Waals surface area contributed by atoms with Crippen LogP contribution >= 0.6 is 0 Å². The first-order chi connectivity index (χ1) is 9.65. The van der Waals surface area contributed by atoms with Gasteiger partial charge in [0.1, 0.15) is 6.04 Å². The predicted molar refractivity (Wildman–Crippen MR) is 73.1 cm³/mol. The lowest BCUT2D eigenvalue weighted by atomic mass is 9.94. The molecule has 0 saturated heterocycles. The summed E-state index contributed by atoms with van der Waals surface area (Å²) >= 11 is 0. The van der Waals surface area contributed by atoms with Gasteiger partial charge >= 0.3 is 5.97 Å². The van der Waals surface area contributed by atoms with Gasteiger partial charge in [-0.3, -0.25) is 4.79 Å². The third-order valence-corrected chi connectivity index (χ3v) is 3.97. The fourth-order valence-corrected chi connectivity index (χ4v) is 2.63. The molecule has 0 aromatic heterocycles. The first-order valence-electron chi connectivity index (χ1n) is 6.97. The summed E-state index contributed by atoms with van der Waals surface area (Å²) in [5, 5.41) is 12.5. The Kier molecular flexibility index (Phi) is 3.44. The van der Waals surface area contributed by atoms with Gasteiger partial charge in [-0.05, 0) is 24.0 Å². The summed E-state index contributed by atoms with van der Waals surface area (Å²) < 4.78 is 0. The lowest BCUT2D eigenvalue weighted by molar-refractivity contribution is -0.151. The van der Waals surface area contributed by atoms with Crippen molar-refractivity contribution in [1.29, 1.82) is 0 Å². The number of fused-ring (bicyclic) bond motifs is 1. The molecule has 0 bridgehead atoms. The van der Waals surface area contributed by atoms with Gasteiger partial charge < -0.3 is 15.3 Å². The third kappa shape index (κ3) is 2.67. The van der Waals surface area contributed by atoms with E-state index >= 15 is 0 Å². The molecule has 1 unspecified atom stereocenters. The van der Waals surface area contributed by atoms with Gasteiger partial charge in [-0.2, -0.15) is 0 Å². The summed E-state index contributed by atoms with van der Waals surface area (Å²) in [6.45, 7) is 0.620. The zero-order valence-electron chi connectivity index (χ0n) is 11.2. The SMILES string of the molecule is O=C(O)C1Cc2ccccc2CN1C(=O)CNC1CC1. The van der Waals surface area contributed by atoms with E-state index < -0.39 is 12.0 Å². The standard InChI is InChI=1S/C15H18N2O3/c18-14(8-16-12-5-6-12)17-9-11-4-2-1-3-10(11)7-13(17)15(19)20/h1-4,12-13,16H,5-9H2,(H,19,20). The first-order valence-corrected chi connectivity index (χ1v) is 6.97. The number of benzene rings is 1. The van der Waals surface area contributed by atoms with E-state index in [4.69, 9.17) is 0 Å². The number of rotatable bonds is 4. The Balaban J connectivity index is 1.76. The van der Waals surface area contributed by atoms with Gasteiger partial charge in [-0.15, -0.1) is 0 Å². The zero-order valence-corrected chi connectivity index (χ0v) is 11.2. The fourth-order valence-electron chi connectivity index (χ4n) is 2.63. The monoisotopic (exact) mass is 274 g/mol. The van der Waals surface area contributed by atoms with Crippen LogP contribution in [0.3, 0.4) is 0 Å². The molecule has 20 heavy (non-hydrogen) atoms. The van der Waals surface area contributed by atoms with E-state index in [2.05, 4.69) is 5.32 Å². The van der Waals surface area contributed by atoms with Gasteiger partial charge in [0.25, 0.3) is 0 Å². The molecule has 5 nitrogen and oxygen atoms in total. The largest absolute Gasteiger partial charge is 0.480 e. The third-order valence-electron chi connectivity index (χ3n) is 3.97. The van der Waals surface area contributed by atoms with Crippen LogP contribution < -0.4 is 5.32 Å². The molecule has 1 fully saturated rings. The Morgan fingerprint density at radius 2 is 1.95 bits per heavy atom. The van der Waals surface area contributed by atoms with Crippen LogP contribution in [-0.4, -0.2) is 40.5 Å². The van der Waals surface area contributed by atoms with Crippen LogP contribution in [0.4, 0.5) is 0 Å². The van der Waals surface area contributed by atoms with E-state index in [9.17, 15) is 14.7 Å². The Hall–Kier alpha value is -1.88. The number of nitrogens with zero attached hydrogens (tertiary/aromatic N) is 1. The van der Waals surface area contributed by atoms with Crippen LogP contribution in [0.25, 0.3) is 0 Å². The fraction of sp³-hybridized carbons (Fsp3) is 0.467. The van der Waals surface area contributed by atoms with Crippen molar-refractivity contribution >= 4 is 11.9 Å². The van der Waals surface area contributed by atoms with Crippen molar-refractivity contribution in [2.75, 3.05) is 6.54 Å². The normalized spacial score (nSPS) is 21.4. The molecule has 0 spiro atoms. The second-order valence-corrected chi connectivity index (χ2v) is 5.50. The van der Waals surface area contributed by atoms with Crippen LogP contribution in [-0.2, 0) is 22.6 Å². The number of hydrogen-bond acceptors (Lipinski definition) is 3. The van der Waals surface area contributed by atoms with Crippen LogP contribution in [0, 0.1) is 0 Å². The molecule has 106 valence electrons. The molecule has 1 amide bonds. The molecule has 3 rings (SSSR count). The molecule has 1 heterocycles. The highest BCUT2D eigenvalue weighted by atomic mass is 16.4. The Morgan fingerprint density at radius 1 is 1.25 bits per heavy atom. The molecule has 1 aliphatic carbocycles. The highest BCUT2D eigenvalue weighted by Gasteiger charge is 2.34. The van der Waals surface area contributed by atoms with Gasteiger partial charge in [-0.25, -0.2) is 4.79 Å². The number of carbonyl (C=O) groups is 2. The number of nitrogens with one attached hydrogen (secondary N) is 1. The van der Waals surface area contributed by atoms with Gasteiger partial charge in [0, 0.05) is 19.0 Å². The summed E-state index contributed by atoms with van der Waals surface area (Å²) in [5.41, 5.74) is 2.07. The minimum Gasteiger partial charge on any atom is -0.480 e. The smallest absolute Gasteiger partial charge is 0.326 e. The maximum atomic E-state index is 12.3. The van der Waals surface area contributed by atoms with Crippen molar-refractivity contribution in [2.45, 2.75) is 37.9 Å². The number of aliphatic carboxylic acids is 1. The Morgan fingerprint density at radius 3 is 2.60 bits per heavy atom.